The van der Waals surface area contributed by atoms with Gasteiger partial charge in [0.2, 0.25) is 0 Å². The molecular weight excluding hydrogens is 234 g/mol. The van der Waals surface area contributed by atoms with Crippen LogP contribution in [0.5, 0.6) is 0 Å². The highest BCUT2D eigenvalue weighted by Gasteiger charge is 2.16. The first-order valence-corrected chi connectivity index (χ1v) is 6.88. The molecule has 1 amide bonds. The van der Waals surface area contributed by atoms with E-state index in [9.17, 15) is 4.79 Å². The summed E-state index contributed by atoms with van der Waals surface area (Å²) in [7, 11) is 1.79. The number of amides is 1. The Morgan fingerprint density at radius 3 is 3.24 bits per heavy atom. The van der Waals surface area contributed by atoms with Crippen molar-refractivity contribution in [2.45, 2.75) is 18.1 Å². The molecule has 17 heavy (non-hydrogen) atoms. The van der Waals surface area contributed by atoms with Crippen molar-refractivity contribution < 1.29 is 4.79 Å². The summed E-state index contributed by atoms with van der Waals surface area (Å²) in [6, 6.07) is 3.50. The van der Waals surface area contributed by atoms with Gasteiger partial charge in [0.1, 0.15) is 5.82 Å². The van der Waals surface area contributed by atoms with Crippen molar-refractivity contribution in [3.63, 3.8) is 0 Å². The predicted octanol–water partition coefficient (Wildman–Crippen LogP) is 1.75. The lowest BCUT2D eigenvalue weighted by Gasteiger charge is -2.10. The van der Waals surface area contributed by atoms with Gasteiger partial charge in [0.25, 0.3) is 5.91 Å². The number of hydrogen-bond donors (Lipinski definition) is 2. The summed E-state index contributed by atoms with van der Waals surface area (Å²) in [5.74, 6) is 1.92. The molecule has 2 rings (SSSR count). The van der Waals surface area contributed by atoms with Gasteiger partial charge in [-0.1, -0.05) is 0 Å². The van der Waals surface area contributed by atoms with Gasteiger partial charge in [-0.3, -0.25) is 4.79 Å². The second-order valence-corrected chi connectivity index (χ2v) is 5.43. The van der Waals surface area contributed by atoms with Crippen LogP contribution in [0.1, 0.15) is 23.2 Å². The maximum absolute atomic E-state index is 11.9. The van der Waals surface area contributed by atoms with Crippen LogP contribution in [0.3, 0.4) is 0 Å². The highest BCUT2D eigenvalue weighted by atomic mass is 32.2. The molecule has 1 aromatic rings. The Hall–Kier alpha value is -1.23. The summed E-state index contributed by atoms with van der Waals surface area (Å²) in [4.78, 5) is 16.0. The molecule has 1 unspecified atom stereocenters. The summed E-state index contributed by atoms with van der Waals surface area (Å²) < 4.78 is 0. The van der Waals surface area contributed by atoms with Crippen molar-refractivity contribution in [2.24, 2.45) is 0 Å². The van der Waals surface area contributed by atoms with Crippen molar-refractivity contribution in [3.05, 3.63) is 23.9 Å². The molecule has 2 N–H and O–H groups in total. The number of nitrogens with zero attached hydrogens (tertiary/aromatic N) is 1. The Morgan fingerprint density at radius 1 is 1.65 bits per heavy atom. The maximum Gasteiger partial charge on any atom is 0.251 e. The molecule has 4 nitrogen and oxygen atoms in total. The van der Waals surface area contributed by atoms with E-state index in [-0.39, 0.29) is 5.91 Å². The number of thioether (sulfide) groups is 1. The zero-order valence-electron chi connectivity index (χ0n) is 9.90. The first-order valence-electron chi connectivity index (χ1n) is 5.83. The molecule has 2 heterocycles. The number of rotatable bonds is 4. The molecule has 1 aliphatic rings. The first-order chi connectivity index (χ1) is 8.29. The van der Waals surface area contributed by atoms with E-state index in [1.807, 2.05) is 11.8 Å². The highest BCUT2D eigenvalue weighted by Crippen LogP contribution is 2.25. The van der Waals surface area contributed by atoms with Crippen LogP contribution < -0.4 is 10.6 Å². The number of hydrogen-bond acceptors (Lipinski definition) is 4. The number of aromatic nitrogens is 1. The van der Waals surface area contributed by atoms with E-state index in [0.717, 1.165) is 6.54 Å². The van der Waals surface area contributed by atoms with Gasteiger partial charge < -0.3 is 10.6 Å². The van der Waals surface area contributed by atoms with Gasteiger partial charge in [0.15, 0.2) is 0 Å². The lowest BCUT2D eigenvalue weighted by molar-refractivity contribution is 0.0953. The number of anilines is 1. The summed E-state index contributed by atoms with van der Waals surface area (Å²) in [6.07, 6.45) is 4.12. The van der Waals surface area contributed by atoms with E-state index >= 15 is 0 Å². The van der Waals surface area contributed by atoms with E-state index in [2.05, 4.69) is 15.6 Å². The molecule has 0 aromatic carbocycles. The zero-order valence-corrected chi connectivity index (χ0v) is 10.7. The van der Waals surface area contributed by atoms with Crippen LogP contribution in [0.15, 0.2) is 18.3 Å². The summed E-state index contributed by atoms with van der Waals surface area (Å²) in [5.41, 5.74) is 0.660. The minimum Gasteiger partial charge on any atom is -0.373 e. The van der Waals surface area contributed by atoms with Crippen LogP contribution >= 0.6 is 11.8 Å². The Kier molecular flexibility index (Phi) is 4.25. The lowest BCUT2D eigenvalue weighted by Crippen LogP contribution is -2.29. The van der Waals surface area contributed by atoms with Gasteiger partial charge in [-0.15, -0.1) is 0 Å². The molecule has 0 aliphatic carbocycles. The number of nitrogens with one attached hydrogen (secondary N) is 2. The van der Waals surface area contributed by atoms with Gasteiger partial charge in [-0.2, -0.15) is 11.8 Å². The molecule has 1 aliphatic heterocycles. The molecule has 1 atom stereocenters. The minimum absolute atomic E-state index is 0.0172. The number of pyridine rings is 1. The zero-order chi connectivity index (χ0) is 12.1. The molecule has 1 aromatic heterocycles. The second kappa shape index (κ2) is 5.91. The second-order valence-electron chi connectivity index (χ2n) is 4.02. The topological polar surface area (TPSA) is 54.0 Å². The van der Waals surface area contributed by atoms with Gasteiger partial charge in [-0.25, -0.2) is 4.98 Å². The van der Waals surface area contributed by atoms with Gasteiger partial charge in [0, 0.05) is 30.6 Å². The van der Waals surface area contributed by atoms with E-state index < -0.39 is 0 Å². The standard InChI is InChI=1S/C12H17N3OS/c1-13-11-7-9(4-5-14-11)12(16)15-8-10-3-2-6-17-10/h4-5,7,10H,2-3,6,8H2,1H3,(H,13,14)(H,15,16). The molecule has 5 heteroatoms. The van der Waals surface area contributed by atoms with E-state index in [1.165, 1.54) is 18.6 Å². The average Bonchev–Trinajstić information content (AvgIpc) is 2.89. The van der Waals surface area contributed by atoms with Gasteiger partial charge in [-0.05, 0) is 30.7 Å². The molecule has 1 fully saturated rings. The predicted molar refractivity (Wildman–Crippen MR) is 71.6 cm³/mol. The van der Waals surface area contributed by atoms with Crippen molar-refractivity contribution >= 4 is 23.5 Å². The molecule has 0 saturated carbocycles. The third-order valence-electron chi connectivity index (χ3n) is 2.79. The van der Waals surface area contributed by atoms with Crippen LogP contribution in [-0.2, 0) is 0 Å². The third kappa shape index (κ3) is 3.36. The van der Waals surface area contributed by atoms with E-state index in [0.29, 0.717) is 16.6 Å². The summed E-state index contributed by atoms with van der Waals surface area (Å²) in [5, 5.41) is 6.49. The third-order valence-corrected chi connectivity index (χ3v) is 4.19. The van der Waals surface area contributed by atoms with Gasteiger partial charge >= 0.3 is 0 Å². The van der Waals surface area contributed by atoms with E-state index in [1.54, 1.807) is 25.4 Å². The van der Waals surface area contributed by atoms with Gasteiger partial charge in [0.05, 0.1) is 0 Å². The first kappa shape index (κ1) is 12.2. The molecular formula is C12H17N3OS. The van der Waals surface area contributed by atoms with Crippen LogP contribution in [0.25, 0.3) is 0 Å². The quantitative estimate of drug-likeness (QED) is 0.856. The fraction of sp³-hybridized carbons (Fsp3) is 0.500. The Bertz CT molecular complexity index is 391. The van der Waals surface area contributed by atoms with Crippen molar-refractivity contribution in [2.75, 3.05) is 24.7 Å². The largest absolute Gasteiger partial charge is 0.373 e. The molecule has 1 saturated heterocycles. The Labute approximate surface area is 106 Å². The normalized spacial score (nSPS) is 19.0. The molecule has 0 bridgehead atoms. The van der Waals surface area contributed by atoms with E-state index in [4.69, 9.17) is 0 Å². The van der Waals surface area contributed by atoms with Crippen LogP contribution in [0.4, 0.5) is 5.82 Å². The lowest BCUT2D eigenvalue weighted by atomic mass is 10.2. The maximum atomic E-state index is 11.9. The number of carbonyl (C=O) groups excluding carboxylic acids is 1. The number of carbonyl (C=O) groups is 1. The van der Waals surface area contributed by atoms with Crippen molar-refractivity contribution in [1.82, 2.24) is 10.3 Å². The highest BCUT2D eigenvalue weighted by molar-refractivity contribution is 8.00. The molecule has 0 radical (unpaired) electrons. The molecule has 0 spiro atoms. The average molecular weight is 251 g/mol. The Morgan fingerprint density at radius 2 is 2.53 bits per heavy atom. The monoisotopic (exact) mass is 251 g/mol. The van der Waals surface area contributed by atoms with Crippen LogP contribution in [0, 0.1) is 0 Å². The summed E-state index contributed by atoms with van der Waals surface area (Å²) >= 11 is 1.95. The van der Waals surface area contributed by atoms with Crippen LogP contribution in [0.2, 0.25) is 0 Å². The SMILES string of the molecule is CNc1cc(C(=O)NCC2CCCS2)ccn1. The summed E-state index contributed by atoms with van der Waals surface area (Å²) in [6.45, 7) is 0.765. The van der Waals surface area contributed by atoms with Crippen molar-refractivity contribution in [3.8, 4) is 0 Å². The van der Waals surface area contributed by atoms with Crippen molar-refractivity contribution in [1.29, 1.82) is 0 Å². The Balaban J connectivity index is 1.89. The fourth-order valence-electron chi connectivity index (χ4n) is 1.82. The van der Waals surface area contributed by atoms with Crippen LogP contribution in [-0.4, -0.2) is 35.5 Å². The molecule has 92 valence electrons. The fourth-order valence-corrected chi connectivity index (χ4v) is 3.02. The minimum atomic E-state index is -0.0172. The smallest absolute Gasteiger partial charge is 0.251 e.